The lowest BCUT2D eigenvalue weighted by molar-refractivity contribution is 0.0950. The molecule has 20 heavy (non-hydrogen) atoms. The number of aromatic nitrogens is 1. The van der Waals surface area contributed by atoms with Crippen molar-refractivity contribution < 1.29 is 14.6 Å². The molecule has 6 nitrogen and oxygen atoms in total. The van der Waals surface area contributed by atoms with Crippen molar-refractivity contribution in [3.63, 3.8) is 0 Å². The molecule has 0 fully saturated rings. The van der Waals surface area contributed by atoms with Crippen molar-refractivity contribution in [3.8, 4) is 11.5 Å². The fourth-order valence-electron chi connectivity index (χ4n) is 1.47. The molecule has 2 N–H and O–H groups in total. The molecule has 0 aliphatic heterocycles. The van der Waals surface area contributed by atoms with E-state index in [0.717, 1.165) is 0 Å². The van der Waals surface area contributed by atoms with Gasteiger partial charge in [0, 0.05) is 17.8 Å². The Hall–Kier alpha value is -2.89. The number of hydrogen-bond acceptors (Lipinski definition) is 5. The predicted octanol–water partition coefficient (Wildman–Crippen LogP) is 1.56. The first-order valence-electron chi connectivity index (χ1n) is 5.82. The van der Waals surface area contributed by atoms with Gasteiger partial charge in [-0.1, -0.05) is 6.07 Å². The average Bonchev–Trinajstić information content (AvgIpc) is 2.49. The number of methoxy groups -OCH3 is 1. The number of nitrogens with one attached hydrogen (secondary N) is 1. The Labute approximate surface area is 115 Å². The first-order chi connectivity index (χ1) is 9.70. The number of ether oxygens (including phenoxy) is 1. The first-order valence-corrected chi connectivity index (χ1v) is 5.82. The highest BCUT2D eigenvalue weighted by molar-refractivity contribution is 5.93. The van der Waals surface area contributed by atoms with Gasteiger partial charge in [-0.25, -0.2) is 5.43 Å². The van der Waals surface area contributed by atoms with Gasteiger partial charge in [-0.3, -0.25) is 9.78 Å². The third-order valence-electron chi connectivity index (χ3n) is 2.50. The van der Waals surface area contributed by atoms with Crippen molar-refractivity contribution in [2.45, 2.75) is 0 Å². The van der Waals surface area contributed by atoms with Gasteiger partial charge in [0.05, 0.1) is 13.3 Å². The van der Waals surface area contributed by atoms with Crippen LogP contribution in [0.2, 0.25) is 0 Å². The van der Waals surface area contributed by atoms with E-state index in [0.29, 0.717) is 11.3 Å². The van der Waals surface area contributed by atoms with Crippen molar-refractivity contribution in [1.29, 1.82) is 0 Å². The summed E-state index contributed by atoms with van der Waals surface area (Å²) >= 11 is 0. The average molecular weight is 271 g/mol. The minimum absolute atomic E-state index is 0.0141. The fraction of sp³-hybridized carbons (Fsp3) is 0.0714. The highest BCUT2D eigenvalue weighted by Crippen LogP contribution is 2.21. The number of phenolic OH excluding ortho intramolecular Hbond substituents is 1. The number of aromatic hydroxyl groups is 1. The van der Waals surface area contributed by atoms with Gasteiger partial charge < -0.3 is 9.84 Å². The van der Waals surface area contributed by atoms with Crippen molar-refractivity contribution in [2.24, 2.45) is 5.10 Å². The molecule has 0 bridgehead atoms. The van der Waals surface area contributed by atoms with E-state index in [1.165, 1.54) is 25.6 Å². The van der Waals surface area contributed by atoms with Crippen LogP contribution < -0.4 is 10.2 Å². The molecule has 2 rings (SSSR count). The number of hydrazone groups is 1. The van der Waals surface area contributed by atoms with Crippen LogP contribution in [0.4, 0.5) is 0 Å². The normalized spacial score (nSPS) is 10.4. The smallest absolute Gasteiger partial charge is 0.289 e. The molecule has 0 radical (unpaired) electrons. The van der Waals surface area contributed by atoms with Gasteiger partial charge in [0.1, 0.15) is 17.2 Å². The Bertz CT molecular complexity index is 627. The third kappa shape index (κ3) is 3.32. The molecule has 0 saturated heterocycles. The molecular weight excluding hydrogens is 258 g/mol. The van der Waals surface area contributed by atoms with E-state index < -0.39 is 5.91 Å². The highest BCUT2D eigenvalue weighted by atomic mass is 16.5. The molecule has 2 aromatic rings. The molecule has 102 valence electrons. The summed E-state index contributed by atoms with van der Waals surface area (Å²) in [5.41, 5.74) is 3.06. The summed E-state index contributed by atoms with van der Waals surface area (Å²) < 4.78 is 4.97. The van der Waals surface area contributed by atoms with Crippen LogP contribution in [-0.4, -0.2) is 29.3 Å². The predicted molar refractivity (Wildman–Crippen MR) is 74.0 cm³/mol. The van der Waals surface area contributed by atoms with Gasteiger partial charge in [0.15, 0.2) is 0 Å². The monoisotopic (exact) mass is 271 g/mol. The summed E-state index contributed by atoms with van der Waals surface area (Å²) in [5, 5.41) is 13.5. The van der Waals surface area contributed by atoms with Crippen LogP contribution in [0.25, 0.3) is 0 Å². The highest BCUT2D eigenvalue weighted by Gasteiger charge is 2.04. The zero-order chi connectivity index (χ0) is 14.4. The number of nitrogens with zero attached hydrogens (tertiary/aromatic N) is 2. The number of rotatable bonds is 4. The maximum Gasteiger partial charge on any atom is 0.289 e. The third-order valence-corrected chi connectivity index (χ3v) is 2.50. The maximum absolute atomic E-state index is 11.7. The van der Waals surface area contributed by atoms with E-state index in [4.69, 9.17) is 4.74 Å². The molecule has 1 aromatic heterocycles. The lowest BCUT2D eigenvalue weighted by Crippen LogP contribution is -2.18. The Morgan fingerprint density at radius 1 is 1.40 bits per heavy atom. The Kier molecular flexibility index (Phi) is 4.28. The molecular formula is C14H13N3O3. The number of carbonyl (C=O) groups excluding carboxylic acids is 1. The summed E-state index contributed by atoms with van der Waals surface area (Å²) in [7, 11) is 1.51. The lowest BCUT2D eigenvalue weighted by atomic mass is 10.2. The van der Waals surface area contributed by atoms with E-state index in [1.54, 1.807) is 30.3 Å². The SMILES string of the molecule is COc1ccc(C=NNC(=O)c2ccccn2)c(O)c1. The van der Waals surface area contributed by atoms with Crippen LogP contribution in [0.15, 0.2) is 47.7 Å². The standard InChI is InChI=1S/C14H13N3O3/c1-20-11-6-5-10(13(18)8-11)9-16-17-14(19)12-4-2-3-7-15-12/h2-9,18H,1H3,(H,17,19). The Morgan fingerprint density at radius 3 is 2.90 bits per heavy atom. The molecule has 0 aliphatic carbocycles. The summed E-state index contributed by atoms with van der Waals surface area (Å²) in [4.78, 5) is 15.5. The van der Waals surface area contributed by atoms with E-state index in [1.807, 2.05) is 0 Å². The second-order valence-electron chi connectivity index (χ2n) is 3.84. The van der Waals surface area contributed by atoms with Crippen LogP contribution in [0, 0.1) is 0 Å². The van der Waals surface area contributed by atoms with Crippen LogP contribution >= 0.6 is 0 Å². The van der Waals surface area contributed by atoms with Gasteiger partial charge >= 0.3 is 0 Å². The molecule has 1 amide bonds. The number of benzene rings is 1. The van der Waals surface area contributed by atoms with Crippen molar-refractivity contribution >= 4 is 12.1 Å². The molecule has 6 heteroatoms. The maximum atomic E-state index is 11.7. The second-order valence-corrected chi connectivity index (χ2v) is 3.84. The molecule has 1 aromatic carbocycles. The van der Waals surface area contributed by atoms with E-state index in [9.17, 15) is 9.90 Å². The van der Waals surface area contributed by atoms with E-state index >= 15 is 0 Å². The first kappa shape index (κ1) is 13.5. The summed E-state index contributed by atoms with van der Waals surface area (Å²) in [5.74, 6) is 0.132. The van der Waals surface area contributed by atoms with Crippen LogP contribution in [0.5, 0.6) is 11.5 Å². The van der Waals surface area contributed by atoms with Gasteiger partial charge in [0.2, 0.25) is 0 Å². The van der Waals surface area contributed by atoms with Crippen molar-refractivity contribution in [2.75, 3.05) is 7.11 Å². The van der Waals surface area contributed by atoms with Crippen LogP contribution in [0.1, 0.15) is 16.1 Å². The number of carbonyl (C=O) groups is 1. The molecule has 0 spiro atoms. The van der Waals surface area contributed by atoms with Gasteiger partial charge in [-0.2, -0.15) is 5.10 Å². The minimum atomic E-state index is -0.421. The number of pyridine rings is 1. The summed E-state index contributed by atoms with van der Waals surface area (Å²) in [6.45, 7) is 0. The van der Waals surface area contributed by atoms with Crippen molar-refractivity contribution in [1.82, 2.24) is 10.4 Å². The Balaban J connectivity index is 2.02. The van der Waals surface area contributed by atoms with E-state index in [-0.39, 0.29) is 11.4 Å². The van der Waals surface area contributed by atoms with Crippen LogP contribution in [0.3, 0.4) is 0 Å². The number of amides is 1. The fourth-order valence-corrected chi connectivity index (χ4v) is 1.47. The molecule has 0 unspecified atom stereocenters. The number of phenols is 1. The zero-order valence-corrected chi connectivity index (χ0v) is 10.8. The number of hydrogen-bond donors (Lipinski definition) is 2. The lowest BCUT2D eigenvalue weighted by Gasteiger charge is -2.02. The van der Waals surface area contributed by atoms with E-state index in [2.05, 4.69) is 15.5 Å². The van der Waals surface area contributed by atoms with Gasteiger partial charge in [-0.05, 0) is 24.3 Å². The second kappa shape index (κ2) is 6.33. The quantitative estimate of drug-likeness (QED) is 0.653. The Morgan fingerprint density at radius 2 is 2.25 bits per heavy atom. The molecule has 0 atom stereocenters. The minimum Gasteiger partial charge on any atom is -0.507 e. The summed E-state index contributed by atoms with van der Waals surface area (Å²) in [6.07, 6.45) is 2.86. The van der Waals surface area contributed by atoms with Gasteiger partial charge in [0.25, 0.3) is 5.91 Å². The van der Waals surface area contributed by atoms with Gasteiger partial charge in [-0.15, -0.1) is 0 Å². The molecule has 0 aliphatic rings. The largest absolute Gasteiger partial charge is 0.507 e. The topological polar surface area (TPSA) is 83.8 Å². The van der Waals surface area contributed by atoms with Crippen LogP contribution in [-0.2, 0) is 0 Å². The summed E-state index contributed by atoms with van der Waals surface area (Å²) in [6, 6.07) is 9.78. The zero-order valence-electron chi connectivity index (χ0n) is 10.8. The molecule has 0 saturated carbocycles. The van der Waals surface area contributed by atoms with Crippen molar-refractivity contribution in [3.05, 3.63) is 53.9 Å². The molecule has 1 heterocycles.